The zero-order valence-corrected chi connectivity index (χ0v) is 12.9. The van der Waals surface area contributed by atoms with Crippen molar-refractivity contribution in [1.82, 2.24) is 4.98 Å². The van der Waals surface area contributed by atoms with Crippen LogP contribution < -0.4 is 0 Å². The Morgan fingerprint density at radius 3 is 2.28 bits per heavy atom. The van der Waals surface area contributed by atoms with Gasteiger partial charge in [0, 0.05) is 17.8 Å². The summed E-state index contributed by atoms with van der Waals surface area (Å²) in [6, 6.07) is 6.27. The molecule has 0 amide bonds. The lowest BCUT2D eigenvalue weighted by Gasteiger charge is -2.20. The van der Waals surface area contributed by atoms with Crippen molar-refractivity contribution in [2.75, 3.05) is 0 Å². The van der Waals surface area contributed by atoms with Crippen molar-refractivity contribution in [3.63, 3.8) is 0 Å². The first-order valence-electron chi connectivity index (χ1n) is 7.66. The van der Waals surface area contributed by atoms with Crippen LogP contribution in [0.5, 0.6) is 0 Å². The molecule has 0 aliphatic rings. The predicted molar refractivity (Wildman–Crippen MR) is 81.9 cm³/mol. The minimum Gasteiger partial charge on any atom is -0.261 e. The van der Waals surface area contributed by atoms with Crippen LogP contribution in [0, 0.1) is 5.92 Å². The van der Waals surface area contributed by atoms with Gasteiger partial charge in [-0.2, -0.15) is 0 Å². The van der Waals surface area contributed by atoms with Gasteiger partial charge in [0.2, 0.25) is 0 Å². The normalized spacial score (nSPS) is 11.9. The van der Waals surface area contributed by atoms with Crippen LogP contribution in [0.25, 0.3) is 0 Å². The van der Waals surface area contributed by atoms with Crippen molar-refractivity contribution >= 4 is 0 Å². The molecule has 0 aliphatic carbocycles. The van der Waals surface area contributed by atoms with E-state index in [1.807, 2.05) is 26.1 Å². The van der Waals surface area contributed by atoms with E-state index in [-0.39, 0.29) is 0 Å². The number of nitrogens with zero attached hydrogens (tertiary/aromatic N) is 1. The molecule has 1 unspecified atom stereocenters. The molecule has 18 heavy (non-hydrogen) atoms. The van der Waals surface area contributed by atoms with Crippen LogP contribution in [0.15, 0.2) is 24.4 Å². The Hall–Kier alpha value is -0.850. The van der Waals surface area contributed by atoms with E-state index >= 15 is 0 Å². The van der Waals surface area contributed by atoms with E-state index in [4.69, 9.17) is 0 Å². The topological polar surface area (TPSA) is 12.9 Å². The summed E-state index contributed by atoms with van der Waals surface area (Å²) >= 11 is 0. The molecule has 1 aromatic rings. The lowest BCUT2D eigenvalue weighted by atomic mass is 9.87. The average Bonchev–Trinajstić information content (AvgIpc) is 2.41. The zero-order valence-electron chi connectivity index (χ0n) is 12.9. The molecule has 0 N–H and O–H groups in total. The van der Waals surface area contributed by atoms with Crippen molar-refractivity contribution in [3.8, 4) is 0 Å². The van der Waals surface area contributed by atoms with E-state index in [2.05, 4.69) is 37.9 Å². The molecule has 0 spiro atoms. The molecule has 0 aromatic carbocycles. The largest absolute Gasteiger partial charge is 0.261 e. The second-order valence-electron chi connectivity index (χ2n) is 4.95. The molecular formula is C17H31N. The fourth-order valence-electron chi connectivity index (χ4n) is 2.21. The lowest BCUT2D eigenvalue weighted by Crippen LogP contribution is -2.08. The summed E-state index contributed by atoms with van der Waals surface area (Å²) in [4.78, 5) is 4.50. The van der Waals surface area contributed by atoms with Crippen LogP contribution in [-0.2, 0) is 0 Å². The summed E-state index contributed by atoms with van der Waals surface area (Å²) in [5.41, 5.74) is 1.27. The molecular weight excluding hydrogens is 218 g/mol. The van der Waals surface area contributed by atoms with Crippen molar-refractivity contribution in [2.45, 2.75) is 72.6 Å². The molecule has 0 radical (unpaired) electrons. The summed E-state index contributed by atoms with van der Waals surface area (Å²) in [6.45, 7) is 10.9. The van der Waals surface area contributed by atoms with Crippen molar-refractivity contribution in [2.24, 2.45) is 5.92 Å². The summed E-state index contributed by atoms with van der Waals surface area (Å²) in [7, 11) is 0. The minimum atomic E-state index is 0.637. The van der Waals surface area contributed by atoms with E-state index < -0.39 is 0 Å². The Morgan fingerprint density at radius 1 is 1.06 bits per heavy atom. The lowest BCUT2D eigenvalue weighted by molar-refractivity contribution is 0.436. The molecule has 1 rings (SSSR count). The maximum Gasteiger partial charge on any atom is 0.0437 e. The van der Waals surface area contributed by atoms with Gasteiger partial charge in [-0.3, -0.25) is 4.98 Å². The highest BCUT2D eigenvalue weighted by molar-refractivity contribution is 5.10. The molecule has 1 heterocycles. The van der Waals surface area contributed by atoms with Crippen LogP contribution in [0.3, 0.4) is 0 Å². The van der Waals surface area contributed by atoms with Gasteiger partial charge in [0.15, 0.2) is 0 Å². The minimum absolute atomic E-state index is 0.637. The van der Waals surface area contributed by atoms with E-state index in [1.165, 1.54) is 37.8 Å². The number of unbranched alkanes of at least 4 members (excludes halogenated alkanes) is 3. The maximum atomic E-state index is 4.50. The molecule has 0 fully saturated rings. The third-order valence-electron chi connectivity index (χ3n) is 3.24. The second-order valence-corrected chi connectivity index (χ2v) is 4.95. The number of hydrogen-bond acceptors (Lipinski definition) is 1. The van der Waals surface area contributed by atoms with Gasteiger partial charge in [-0.05, 0) is 24.5 Å². The Morgan fingerprint density at radius 2 is 1.78 bits per heavy atom. The molecule has 1 aromatic heterocycles. The van der Waals surface area contributed by atoms with E-state index in [9.17, 15) is 0 Å². The molecule has 104 valence electrons. The van der Waals surface area contributed by atoms with Gasteiger partial charge in [0.05, 0.1) is 0 Å². The van der Waals surface area contributed by atoms with Crippen molar-refractivity contribution < 1.29 is 0 Å². The Bertz CT molecular complexity index is 266. The molecule has 0 saturated heterocycles. The van der Waals surface area contributed by atoms with Gasteiger partial charge in [0.25, 0.3) is 0 Å². The third kappa shape index (κ3) is 6.78. The summed E-state index contributed by atoms with van der Waals surface area (Å²) < 4.78 is 0. The van der Waals surface area contributed by atoms with Gasteiger partial charge in [-0.15, -0.1) is 0 Å². The van der Waals surface area contributed by atoms with E-state index in [1.54, 1.807) is 0 Å². The first-order valence-corrected chi connectivity index (χ1v) is 7.66. The van der Waals surface area contributed by atoms with Crippen molar-refractivity contribution in [3.05, 3.63) is 30.1 Å². The first kappa shape index (κ1) is 17.2. The number of pyridine rings is 1. The standard InChI is InChI=1S/C15H25N.C2H6/c1-4-5-6-7-10-14(13(2)3)15-11-8-9-12-16-15;1-2/h8-9,11-14H,4-7,10H2,1-3H3;1-2H3. The van der Waals surface area contributed by atoms with Gasteiger partial charge in [-0.25, -0.2) is 0 Å². The Balaban J connectivity index is 0.00000137. The van der Waals surface area contributed by atoms with Crippen LogP contribution in [0.1, 0.15) is 78.3 Å². The second kappa shape index (κ2) is 11.3. The fraction of sp³-hybridized carbons (Fsp3) is 0.706. The highest BCUT2D eigenvalue weighted by Gasteiger charge is 2.15. The molecule has 1 atom stereocenters. The Kier molecular flexibility index (Phi) is 10.7. The summed E-state index contributed by atoms with van der Waals surface area (Å²) in [6.07, 6.45) is 8.59. The van der Waals surface area contributed by atoms with Crippen LogP contribution in [0.2, 0.25) is 0 Å². The fourth-order valence-corrected chi connectivity index (χ4v) is 2.21. The highest BCUT2D eigenvalue weighted by atomic mass is 14.7. The monoisotopic (exact) mass is 249 g/mol. The first-order chi connectivity index (χ1) is 8.75. The number of aromatic nitrogens is 1. The average molecular weight is 249 g/mol. The quantitative estimate of drug-likeness (QED) is 0.555. The zero-order chi connectivity index (χ0) is 13.8. The molecule has 1 nitrogen and oxygen atoms in total. The van der Waals surface area contributed by atoms with Crippen LogP contribution in [-0.4, -0.2) is 4.98 Å². The predicted octanol–water partition coefficient (Wildman–Crippen LogP) is 5.82. The van der Waals surface area contributed by atoms with E-state index in [0.29, 0.717) is 11.8 Å². The third-order valence-corrected chi connectivity index (χ3v) is 3.24. The molecule has 0 bridgehead atoms. The van der Waals surface area contributed by atoms with Crippen LogP contribution >= 0.6 is 0 Å². The number of rotatable bonds is 7. The van der Waals surface area contributed by atoms with Crippen LogP contribution in [0.4, 0.5) is 0 Å². The van der Waals surface area contributed by atoms with E-state index in [0.717, 1.165) is 0 Å². The van der Waals surface area contributed by atoms with Crippen molar-refractivity contribution in [1.29, 1.82) is 0 Å². The van der Waals surface area contributed by atoms with Gasteiger partial charge in [-0.1, -0.05) is 66.4 Å². The van der Waals surface area contributed by atoms with Gasteiger partial charge < -0.3 is 0 Å². The summed E-state index contributed by atoms with van der Waals surface area (Å²) in [5, 5.41) is 0. The smallest absolute Gasteiger partial charge is 0.0437 e. The maximum absolute atomic E-state index is 4.50. The molecule has 0 aliphatic heterocycles. The summed E-state index contributed by atoms with van der Waals surface area (Å²) in [5.74, 6) is 1.33. The number of hydrogen-bond donors (Lipinski definition) is 0. The van der Waals surface area contributed by atoms with Gasteiger partial charge in [0.1, 0.15) is 0 Å². The van der Waals surface area contributed by atoms with Gasteiger partial charge >= 0.3 is 0 Å². The molecule has 0 saturated carbocycles. The molecule has 1 heteroatoms. The Labute approximate surface area is 114 Å². The SMILES string of the molecule is CC.CCCCCCC(c1ccccn1)C(C)C. The highest BCUT2D eigenvalue weighted by Crippen LogP contribution is 2.28.